The molecule has 1 atom stereocenters. The van der Waals surface area contributed by atoms with E-state index in [1.165, 1.54) is 15.5 Å². The predicted molar refractivity (Wildman–Crippen MR) is 151 cm³/mol. The maximum absolute atomic E-state index is 13.2. The van der Waals surface area contributed by atoms with Crippen LogP contribution in [0.25, 0.3) is 0 Å². The number of amides is 1. The summed E-state index contributed by atoms with van der Waals surface area (Å²) >= 11 is 1.77. The molecule has 36 heavy (non-hydrogen) atoms. The van der Waals surface area contributed by atoms with Crippen LogP contribution in [0.5, 0.6) is 0 Å². The molecule has 1 unspecified atom stereocenters. The number of carbonyl (C=O) groups is 1. The van der Waals surface area contributed by atoms with Crippen LogP contribution in [0.3, 0.4) is 0 Å². The maximum atomic E-state index is 13.2. The van der Waals surface area contributed by atoms with E-state index in [0.29, 0.717) is 6.54 Å². The first kappa shape index (κ1) is 27.0. The molecule has 1 saturated heterocycles. The Balaban J connectivity index is 1.38. The van der Waals surface area contributed by atoms with Gasteiger partial charge < -0.3 is 20.9 Å². The Kier molecular flexibility index (Phi) is 8.97. The van der Waals surface area contributed by atoms with Crippen molar-refractivity contribution in [2.75, 3.05) is 77.9 Å². The van der Waals surface area contributed by atoms with E-state index in [-0.39, 0.29) is 12.5 Å². The third-order valence-corrected chi connectivity index (χ3v) is 10.1. The van der Waals surface area contributed by atoms with E-state index in [9.17, 15) is 9.00 Å². The van der Waals surface area contributed by atoms with Crippen molar-refractivity contribution < 1.29 is 9.00 Å². The fraction of sp³-hybridized carbons (Fsp3) is 0.462. The summed E-state index contributed by atoms with van der Waals surface area (Å²) in [4.78, 5) is 21.8. The lowest BCUT2D eigenvalue weighted by Gasteiger charge is -2.36. The quantitative estimate of drug-likeness (QED) is 0.454. The number of hydrogen-bond acceptors (Lipinski definition) is 7. The molecule has 2 heterocycles. The molecule has 2 aromatic rings. The number of hydrogen-bond donors (Lipinski definition) is 2. The van der Waals surface area contributed by atoms with Crippen LogP contribution in [0.15, 0.2) is 57.2 Å². The molecule has 10 heteroatoms. The van der Waals surface area contributed by atoms with Gasteiger partial charge in [0.25, 0.3) is 0 Å². The first-order valence-corrected chi connectivity index (χ1v) is 14.9. The van der Waals surface area contributed by atoms with Crippen LogP contribution in [0.1, 0.15) is 6.42 Å². The van der Waals surface area contributed by atoms with Crippen molar-refractivity contribution in [1.29, 1.82) is 0 Å². The van der Waals surface area contributed by atoms with Gasteiger partial charge >= 0.3 is 0 Å². The molecule has 2 aliphatic heterocycles. The minimum Gasteiger partial charge on any atom is -0.354 e. The Bertz CT molecular complexity index is 1160. The maximum Gasteiger partial charge on any atom is 0.233 e. The summed E-state index contributed by atoms with van der Waals surface area (Å²) < 4.78 is 14.9. The van der Waals surface area contributed by atoms with Crippen LogP contribution >= 0.6 is 11.8 Å². The van der Waals surface area contributed by atoms with Gasteiger partial charge in [0.15, 0.2) is 0 Å². The Labute approximate surface area is 219 Å². The smallest absolute Gasteiger partial charge is 0.233 e. The minimum atomic E-state index is -2.51. The molecule has 4 rings (SSSR count). The van der Waals surface area contributed by atoms with E-state index in [4.69, 9.17) is 5.73 Å². The summed E-state index contributed by atoms with van der Waals surface area (Å²) in [6.45, 7) is 7.56. The molecular weight excluding hydrogens is 492 g/mol. The summed E-state index contributed by atoms with van der Waals surface area (Å²) in [6.07, 6.45) is 1.03. The number of carbonyl (C=O) groups excluding carboxylic acids is 1. The normalized spacial score (nSPS) is 17.9. The van der Waals surface area contributed by atoms with Crippen LogP contribution in [0, 0.1) is 0 Å². The van der Waals surface area contributed by atoms with E-state index in [0.717, 1.165) is 62.8 Å². The third kappa shape index (κ3) is 6.24. The van der Waals surface area contributed by atoms with Crippen LogP contribution in [0.4, 0.5) is 11.4 Å². The van der Waals surface area contributed by atoms with Gasteiger partial charge in [-0.3, -0.25) is 9.69 Å². The number of nitrogens with one attached hydrogen (secondary N) is 1. The zero-order valence-electron chi connectivity index (χ0n) is 21.3. The highest BCUT2D eigenvalue weighted by Gasteiger charge is 2.25. The van der Waals surface area contributed by atoms with Crippen LogP contribution in [0.2, 0.25) is 0 Å². The molecule has 2 aromatic carbocycles. The van der Waals surface area contributed by atoms with E-state index in [1.54, 1.807) is 16.1 Å². The number of fused-ring (bicyclic) bond motifs is 2. The second kappa shape index (κ2) is 12.0. The molecule has 196 valence electrons. The van der Waals surface area contributed by atoms with Crippen molar-refractivity contribution >= 4 is 44.6 Å². The van der Waals surface area contributed by atoms with E-state index < -0.39 is 9.71 Å². The molecule has 0 aliphatic carbocycles. The molecule has 0 spiro atoms. The molecule has 8 nitrogen and oxygen atoms in total. The Morgan fingerprint density at radius 3 is 2.39 bits per heavy atom. The highest BCUT2D eigenvalue weighted by molar-refractivity contribution is 8.00. The first-order chi connectivity index (χ1) is 17.3. The highest BCUT2D eigenvalue weighted by atomic mass is 32.2. The SMILES string of the molecule is C=S(=O)(c1ccc2c(c1)N(CCCN1CCN(CCNC(=O)CN)CC1)c1ccccc1S2)N(C)C. The summed E-state index contributed by atoms with van der Waals surface area (Å²) in [5, 5.41) is 2.85. The molecule has 1 amide bonds. The average molecular weight is 531 g/mol. The summed E-state index contributed by atoms with van der Waals surface area (Å²) in [7, 11) is 1.11. The molecule has 0 aromatic heterocycles. The largest absolute Gasteiger partial charge is 0.354 e. The van der Waals surface area contributed by atoms with E-state index >= 15 is 0 Å². The van der Waals surface area contributed by atoms with Gasteiger partial charge in [0.2, 0.25) is 5.91 Å². The third-order valence-electron chi connectivity index (χ3n) is 6.81. The number of rotatable bonds is 10. The highest BCUT2D eigenvalue weighted by Crippen LogP contribution is 2.48. The second-order valence-electron chi connectivity index (χ2n) is 9.39. The van der Waals surface area contributed by atoms with Gasteiger partial charge in [-0.25, -0.2) is 8.51 Å². The van der Waals surface area contributed by atoms with Gasteiger partial charge in [-0.15, -0.1) is 0 Å². The van der Waals surface area contributed by atoms with E-state index in [1.807, 2.05) is 20.2 Å². The minimum absolute atomic E-state index is 0.0453. The molecule has 0 saturated carbocycles. The van der Waals surface area contributed by atoms with Crippen molar-refractivity contribution in [3.05, 3.63) is 42.5 Å². The summed E-state index contributed by atoms with van der Waals surface area (Å²) in [6, 6.07) is 14.6. The van der Waals surface area contributed by atoms with Crippen LogP contribution < -0.4 is 16.0 Å². The zero-order valence-corrected chi connectivity index (χ0v) is 23.0. The molecule has 2 aliphatic rings. The number of nitrogens with zero attached hydrogens (tertiary/aromatic N) is 4. The van der Waals surface area contributed by atoms with Gasteiger partial charge in [-0.1, -0.05) is 23.9 Å². The van der Waals surface area contributed by atoms with Gasteiger partial charge in [0, 0.05) is 60.5 Å². The second-order valence-corrected chi connectivity index (χ2v) is 13.0. The lowest BCUT2D eigenvalue weighted by atomic mass is 10.2. The molecule has 0 radical (unpaired) electrons. The predicted octanol–water partition coefficient (Wildman–Crippen LogP) is 1.92. The topological polar surface area (TPSA) is 85.2 Å². The molecule has 0 bridgehead atoms. The lowest BCUT2D eigenvalue weighted by molar-refractivity contribution is -0.119. The standard InChI is InChI=1S/C26H38N6O2S2/c1-29(2)36(3,34)21-9-10-25-23(19-21)32(22-7-4-5-8-24(22)35-25)13-6-12-30-15-17-31(18-16-30)14-11-28-26(33)20-27/h4-5,7-10,19H,3,6,11-18,20,27H2,1-2H3,(H,28,33). The van der Waals surface area contributed by atoms with Crippen molar-refractivity contribution in [1.82, 2.24) is 19.4 Å². The molecule has 1 fully saturated rings. The van der Waals surface area contributed by atoms with Crippen LogP contribution in [-0.4, -0.2) is 103 Å². The summed E-state index contributed by atoms with van der Waals surface area (Å²) in [5.41, 5.74) is 7.66. The first-order valence-electron chi connectivity index (χ1n) is 12.4. The molecule has 3 N–H and O–H groups in total. The van der Waals surface area contributed by atoms with Gasteiger partial charge in [0.05, 0.1) is 27.6 Å². The van der Waals surface area contributed by atoms with Crippen LogP contribution in [-0.2, 0) is 14.5 Å². The van der Waals surface area contributed by atoms with Gasteiger partial charge in [-0.2, -0.15) is 0 Å². The average Bonchev–Trinajstić information content (AvgIpc) is 2.88. The number of anilines is 2. The van der Waals surface area contributed by atoms with Gasteiger partial charge in [0.1, 0.15) is 0 Å². The monoisotopic (exact) mass is 530 g/mol. The number of piperazine rings is 1. The lowest BCUT2D eigenvalue weighted by Crippen LogP contribution is -2.49. The number of benzene rings is 2. The van der Waals surface area contributed by atoms with Crippen molar-refractivity contribution in [2.45, 2.75) is 21.1 Å². The Morgan fingerprint density at radius 1 is 1.03 bits per heavy atom. The van der Waals surface area contributed by atoms with Crippen molar-refractivity contribution in [2.24, 2.45) is 5.73 Å². The Hall–Kier alpha value is -2.08. The molecular formula is C26H38N6O2S2. The fourth-order valence-corrected chi connectivity index (χ4v) is 6.65. The van der Waals surface area contributed by atoms with Crippen molar-refractivity contribution in [3.8, 4) is 0 Å². The number of nitrogens with two attached hydrogens (primary N) is 1. The zero-order chi connectivity index (χ0) is 25.7. The Morgan fingerprint density at radius 2 is 1.69 bits per heavy atom. The van der Waals surface area contributed by atoms with Crippen molar-refractivity contribution in [3.63, 3.8) is 0 Å². The number of para-hydroxylation sites is 1. The van der Waals surface area contributed by atoms with E-state index in [2.05, 4.69) is 62.3 Å². The van der Waals surface area contributed by atoms with Gasteiger partial charge in [-0.05, 0) is 63.3 Å². The summed E-state index contributed by atoms with van der Waals surface area (Å²) in [5.74, 6) is 3.91. The fourth-order valence-electron chi connectivity index (χ4n) is 4.57.